The Balaban J connectivity index is 2.57. The first-order chi connectivity index (χ1) is 5.68. The van der Waals surface area contributed by atoms with E-state index >= 15 is 0 Å². The third-order valence-corrected chi connectivity index (χ3v) is 1.67. The van der Waals surface area contributed by atoms with Crippen LogP contribution in [0, 0.1) is 6.92 Å². The molecule has 0 radical (unpaired) electrons. The van der Waals surface area contributed by atoms with Crippen LogP contribution in [0.3, 0.4) is 0 Å². The van der Waals surface area contributed by atoms with Crippen LogP contribution in [-0.4, -0.2) is 15.9 Å². The van der Waals surface area contributed by atoms with Gasteiger partial charge in [-0.3, -0.25) is 4.79 Å². The summed E-state index contributed by atoms with van der Waals surface area (Å²) in [4.78, 5) is 18.3. The monoisotopic (exact) mass is 184 g/mol. The lowest BCUT2D eigenvalue weighted by Crippen LogP contribution is -1.93. The molecule has 1 heterocycles. The normalized spacial score (nSPS) is 9.50. The fourth-order valence-corrected chi connectivity index (χ4v) is 1.04. The number of hydrogen-bond donors (Lipinski definition) is 0. The summed E-state index contributed by atoms with van der Waals surface area (Å²) in [5.41, 5.74) is 0.847. The maximum atomic E-state index is 10.4. The van der Waals surface area contributed by atoms with Crippen LogP contribution in [0.25, 0.3) is 0 Å². The van der Waals surface area contributed by atoms with Crippen LogP contribution in [0.4, 0.5) is 0 Å². The summed E-state index contributed by atoms with van der Waals surface area (Å²) < 4.78 is 4.64. The van der Waals surface area contributed by atoms with Crippen molar-refractivity contribution in [2.45, 2.75) is 19.0 Å². The van der Waals surface area contributed by atoms with Crippen LogP contribution in [0.1, 0.15) is 12.6 Å². The lowest BCUT2D eigenvalue weighted by atomic mass is 10.5. The van der Waals surface area contributed by atoms with Crippen molar-refractivity contribution in [3.63, 3.8) is 0 Å². The Morgan fingerprint density at radius 2 is 2.42 bits per heavy atom. The highest BCUT2D eigenvalue weighted by Gasteiger charge is 2.00. The molecule has 0 aromatic carbocycles. The number of nitrogens with zero attached hydrogens (tertiary/aromatic N) is 2. The van der Waals surface area contributed by atoms with E-state index in [1.807, 2.05) is 6.92 Å². The number of aryl methyl sites for hydroxylation is 1. The van der Waals surface area contributed by atoms with Crippen LogP contribution in [-0.2, 0) is 8.98 Å². The zero-order chi connectivity index (χ0) is 8.97. The fraction of sp³-hybridized carbons (Fsp3) is 0.286. The number of hydrogen-bond acceptors (Lipinski definition) is 5. The molecule has 0 unspecified atom stereocenters. The van der Waals surface area contributed by atoms with Gasteiger partial charge in [0.1, 0.15) is 12.0 Å². The van der Waals surface area contributed by atoms with E-state index in [2.05, 4.69) is 14.2 Å². The van der Waals surface area contributed by atoms with Crippen molar-refractivity contribution in [3.8, 4) is 0 Å². The Morgan fingerprint density at radius 3 is 3.00 bits per heavy atom. The molecular weight excluding hydrogens is 176 g/mol. The minimum absolute atomic E-state index is 0.356. The van der Waals surface area contributed by atoms with E-state index in [4.69, 9.17) is 0 Å². The van der Waals surface area contributed by atoms with Gasteiger partial charge < -0.3 is 4.18 Å². The SMILES string of the molecule is CC(=O)OSc1nccc(C)n1. The molecule has 1 aromatic heterocycles. The molecule has 12 heavy (non-hydrogen) atoms. The number of rotatable bonds is 2. The summed E-state index contributed by atoms with van der Waals surface area (Å²) in [6.07, 6.45) is 1.62. The molecule has 0 spiro atoms. The minimum atomic E-state index is -0.356. The van der Waals surface area contributed by atoms with Gasteiger partial charge in [0, 0.05) is 18.8 Å². The lowest BCUT2D eigenvalue weighted by Gasteiger charge is -1.97. The Labute approximate surface area is 74.6 Å². The van der Waals surface area contributed by atoms with Crippen LogP contribution >= 0.6 is 12.0 Å². The highest BCUT2D eigenvalue weighted by Crippen LogP contribution is 2.13. The Kier molecular flexibility index (Phi) is 3.04. The van der Waals surface area contributed by atoms with Crippen molar-refractivity contribution < 1.29 is 8.98 Å². The third-order valence-electron chi connectivity index (χ3n) is 1.01. The molecule has 1 aromatic rings. The molecule has 0 aliphatic carbocycles. The molecule has 5 heteroatoms. The zero-order valence-corrected chi connectivity index (χ0v) is 7.59. The summed E-state index contributed by atoms with van der Waals surface area (Å²) in [5.74, 6) is -0.356. The predicted octanol–water partition coefficient (Wildman–Crippen LogP) is 1.36. The number of carbonyl (C=O) groups is 1. The average Bonchev–Trinajstić information content (AvgIpc) is 2.01. The van der Waals surface area contributed by atoms with E-state index in [0.29, 0.717) is 5.16 Å². The van der Waals surface area contributed by atoms with Crippen LogP contribution < -0.4 is 0 Å². The molecule has 1 rings (SSSR count). The van der Waals surface area contributed by atoms with Crippen LogP contribution in [0.5, 0.6) is 0 Å². The van der Waals surface area contributed by atoms with Crippen molar-refractivity contribution in [2.24, 2.45) is 0 Å². The molecule has 0 amide bonds. The van der Waals surface area contributed by atoms with Gasteiger partial charge in [-0.1, -0.05) is 0 Å². The molecule has 0 aliphatic rings. The van der Waals surface area contributed by atoms with Crippen LogP contribution in [0.15, 0.2) is 17.4 Å². The summed E-state index contributed by atoms with van der Waals surface area (Å²) in [5, 5.41) is 0.449. The summed E-state index contributed by atoms with van der Waals surface area (Å²) in [6.45, 7) is 3.18. The number of carbonyl (C=O) groups excluding carboxylic acids is 1. The molecule has 0 N–H and O–H groups in total. The van der Waals surface area contributed by atoms with Crippen molar-refractivity contribution in [2.75, 3.05) is 0 Å². The number of aromatic nitrogens is 2. The van der Waals surface area contributed by atoms with Gasteiger partial charge in [-0.15, -0.1) is 0 Å². The van der Waals surface area contributed by atoms with E-state index in [1.54, 1.807) is 12.3 Å². The Morgan fingerprint density at radius 1 is 1.67 bits per heavy atom. The first-order valence-electron chi connectivity index (χ1n) is 3.33. The van der Waals surface area contributed by atoms with Gasteiger partial charge in [0.15, 0.2) is 0 Å². The maximum Gasteiger partial charge on any atom is 0.315 e. The van der Waals surface area contributed by atoms with Gasteiger partial charge in [-0.05, 0) is 13.0 Å². The van der Waals surface area contributed by atoms with Crippen molar-refractivity contribution in [1.82, 2.24) is 9.97 Å². The van der Waals surface area contributed by atoms with Gasteiger partial charge in [0.2, 0.25) is 5.16 Å². The van der Waals surface area contributed by atoms with Gasteiger partial charge in [-0.2, -0.15) is 0 Å². The van der Waals surface area contributed by atoms with E-state index in [-0.39, 0.29) is 5.97 Å². The largest absolute Gasteiger partial charge is 0.383 e. The van der Waals surface area contributed by atoms with E-state index in [0.717, 1.165) is 17.7 Å². The first kappa shape index (κ1) is 8.99. The zero-order valence-electron chi connectivity index (χ0n) is 6.77. The van der Waals surface area contributed by atoms with Gasteiger partial charge in [0.05, 0.1) is 0 Å². The molecule has 0 aliphatic heterocycles. The molecule has 64 valence electrons. The maximum absolute atomic E-state index is 10.4. The third kappa shape index (κ3) is 2.87. The second-order valence-electron chi connectivity index (χ2n) is 2.14. The van der Waals surface area contributed by atoms with Gasteiger partial charge in [0.25, 0.3) is 0 Å². The second-order valence-corrected chi connectivity index (χ2v) is 2.84. The molecule has 0 fully saturated rings. The van der Waals surface area contributed by atoms with E-state index in [9.17, 15) is 4.79 Å². The summed E-state index contributed by atoms with van der Waals surface area (Å²) >= 11 is 0.871. The average molecular weight is 184 g/mol. The van der Waals surface area contributed by atoms with E-state index < -0.39 is 0 Å². The molecule has 0 atom stereocenters. The van der Waals surface area contributed by atoms with Gasteiger partial charge in [-0.25, -0.2) is 9.97 Å². The van der Waals surface area contributed by atoms with E-state index in [1.165, 1.54) is 6.92 Å². The quantitative estimate of drug-likeness (QED) is 0.513. The van der Waals surface area contributed by atoms with Crippen molar-refractivity contribution in [1.29, 1.82) is 0 Å². The van der Waals surface area contributed by atoms with Gasteiger partial charge >= 0.3 is 5.97 Å². The Bertz CT molecular complexity index is 290. The lowest BCUT2D eigenvalue weighted by molar-refractivity contribution is -0.130. The van der Waals surface area contributed by atoms with Crippen molar-refractivity contribution in [3.05, 3.63) is 18.0 Å². The second kappa shape index (κ2) is 4.06. The molecular formula is C7H8N2O2S. The standard InChI is InChI=1S/C7H8N2O2S/c1-5-3-4-8-7(9-5)12-11-6(2)10/h3-4H,1-2H3. The predicted molar refractivity (Wildman–Crippen MR) is 44.4 cm³/mol. The van der Waals surface area contributed by atoms with Crippen molar-refractivity contribution >= 4 is 18.0 Å². The highest BCUT2D eigenvalue weighted by molar-refractivity contribution is 7.94. The molecule has 0 saturated heterocycles. The Hall–Kier alpha value is -1.10. The minimum Gasteiger partial charge on any atom is -0.383 e. The molecule has 0 saturated carbocycles. The fourth-order valence-electron chi connectivity index (χ4n) is 0.562. The molecule has 0 bridgehead atoms. The smallest absolute Gasteiger partial charge is 0.315 e. The summed E-state index contributed by atoms with van der Waals surface area (Å²) in [6, 6.07) is 1.78. The highest BCUT2D eigenvalue weighted by atomic mass is 32.2. The first-order valence-corrected chi connectivity index (χ1v) is 4.07. The molecule has 4 nitrogen and oxygen atoms in total. The summed E-state index contributed by atoms with van der Waals surface area (Å²) in [7, 11) is 0. The topological polar surface area (TPSA) is 52.1 Å². The van der Waals surface area contributed by atoms with Crippen LogP contribution in [0.2, 0.25) is 0 Å².